The third-order valence-electron chi connectivity index (χ3n) is 4.36. The van der Waals surface area contributed by atoms with Crippen molar-refractivity contribution in [1.29, 1.82) is 0 Å². The molecule has 0 saturated carbocycles. The first-order chi connectivity index (χ1) is 15.4. The third-order valence-corrected chi connectivity index (χ3v) is 6.52. The standard InChI is InChI=1S/C23H19FN4O2S2/c1-14-3-2-4-17(11-14)26-22(30)27-18-9-10-19-20(12-18)32-23(28-19)31-13-21(29)25-16-7-5-15(24)6-8-16/h2-12H,13H2,1H3,(H,25,29)(H2,26,27,30). The van der Waals surface area contributed by atoms with Crippen LogP contribution in [0.4, 0.5) is 26.2 Å². The summed E-state index contributed by atoms with van der Waals surface area (Å²) in [7, 11) is 0. The minimum atomic E-state index is -0.353. The van der Waals surface area contributed by atoms with Gasteiger partial charge < -0.3 is 16.0 Å². The Kier molecular flexibility index (Phi) is 6.67. The van der Waals surface area contributed by atoms with Gasteiger partial charge in [0.05, 0.1) is 16.0 Å². The summed E-state index contributed by atoms with van der Waals surface area (Å²) in [6.45, 7) is 1.96. The second kappa shape index (κ2) is 9.80. The molecule has 1 aromatic heterocycles. The molecule has 0 aliphatic rings. The molecule has 0 bridgehead atoms. The molecule has 9 heteroatoms. The predicted molar refractivity (Wildman–Crippen MR) is 129 cm³/mol. The van der Waals surface area contributed by atoms with Gasteiger partial charge in [0.25, 0.3) is 0 Å². The van der Waals surface area contributed by atoms with E-state index in [1.807, 2.05) is 43.3 Å². The van der Waals surface area contributed by atoms with Crippen molar-refractivity contribution in [2.45, 2.75) is 11.3 Å². The molecule has 3 amide bonds. The van der Waals surface area contributed by atoms with Crippen molar-refractivity contribution in [3.8, 4) is 0 Å². The number of fused-ring (bicyclic) bond motifs is 1. The lowest BCUT2D eigenvalue weighted by atomic mass is 10.2. The molecular weight excluding hydrogens is 447 g/mol. The number of rotatable bonds is 6. The van der Waals surface area contributed by atoms with Crippen LogP contribution in [0.15, 0.2) is 71.1 Å². The molecule has 0 unspecified atom stereocenters. The van der Waals surface area contributed by atoms with Crippen molar-refractivity contribution >= 4 is 62.3 Å². The van der Waals surface area contributed by atoms with E-state index in [-0.39, 0.29) is 23.5 Å². The molecule has 0 fully saturated rings. The Morgan fingerprint density at radius 1 is 0.938 bits per heavy atom. The van der Waals surface area contributed by atoms with Crippen molar-refractivity contribution in [3.05, 3.63) is 78.1 Å². The molecule has 3 N–H and O–H groups in total. The number of nitrogens with one attached hydrogen (secondary N) is 3. The van der Waals surface area contributed by atoms with Gasteiger partial charge in [0.1, 0.15) is 5.82 Å². The summed E-state index contributed by atoms with van der Waals surface area (Å²) in [6, 6.07) is 18.3. The lowest BCUT2D eigenvalue weighted by molar-refractivity contribution is -0.113. The minimum absolute atomic E-state index is 0.182. The monoisotopic (exact) mass is 466 g/mol. The van der Waals surface area contributed by atoms with Crippen molar-refractivity contribution in [1.82, 2.24) is 4.98 Å². The second-order valence-corrected chi connectivity index (χ2v) is 9.21. The highest BCUT2D eigenvalue weighted by atomic mass is 32.2. The lowest BCUT2D eigenvalue weighted by Gasteiger charge is -2.08. The van der Waals surface area contributed by atoms with Crippen molar-refractivity contribution in [2.75, 3.05) is 21.7 Å². The molecule has 1 heterocycles. The molecule has 162 valence electrons. The Hall–Kier alpha value is -3.43. The molecule has 3 aromatic carbocycles. The van der Waals surface area contributed by atoms with Gasteiger partial charge in [0, 0.05) is 17.1 Å². The Morgan fingerprint density at radius 2 is 1.66 bits per heavy atom. The average Bonchev–Trinajstić information content (AvgIpc) is 3.16. The molecule has 0 saturated heterocycles. The number of hydrogen-bond donors (Lipinski definition) is 3. The molecule has 4 rings (SSSR count). The number of thioether (sulfide) groups is 1. The van der Waals surface area contributed by atoms with E-state index < -0.39 is 0 Å². The molecule has 0 spiro atoms. The number of benzene rings is 3. The normalized spacial score (nSPS) is 10.7. The van der Waals surface area contributed by atoms with Gasteiger partial charge in [-0.25, -0.2) is 14.2 Å². The molecule has 6 nitrogen and oxygen atoms in total. The highest BCUT2D eigenvalue weighted by molar-refractivity contribution is 8.01. The second-order valence-electron chi connectivity index (χ2n) is 6.95. The number of hydrogen-bond acceptors (Lipinski definition) is 5. The Balaban J connectivity index is 1.34. The van der Waals surface area contributed by atoms with Gasteiger partial charge in [0.15, 0.2) is 4.34 Å². The first kappa shape index (κ1) is 21.8. The molecule has 4 aromatic rings. The highest BCUT2D eigenvalue weighted by Crippen LogP contribution is 2.31. The van der Waals surface area contributed by atoms with Crippen LogP contribution in [0.1, 0.15) is 5.56 Å². The largest absolute Gasteiger partial charge is 0.325 e. The highest BCUT2D eigenvalue weighted by Gasteiger charge is 2.10. The van der Waals surface area contributed by atoms with Gasteiger partial charge in [-0.05, 0) is 67.1 Å². The van der Waals surface area contributed by atoms with Crippen molar-refractivity contribution < 1.29 is 14.0 Å². The predicted octanol–water partition coefficient (Wildman–Crippen LogP) is 6.12. The van der Waals surface area contributed by atoms with E-state index in [1.54, 1.807) is 6.07 Å². The Labute approximate surface area is 192 Å². The van der Waals surface area contributed by atoms with Crippen LogP contribution in [0.3, 0.4) is 0 Å². The number of halogens is 1. The van der Waals surface area contributed by atoms with Crippen LogP contribution in [0.25, 0.3) is 10.2 Å². The van der Waals surface area contributed by atoms with Crippen molar-refractivity contribution in [3.63, 3.8) is 0 Å². The summed E-state index contributed by atoms with van der Waals surface area (Å²) in [6.07, 6.45) is 0. The molecule has 0 atom stereocenters. The van der Waals surface area contributed by atoms with E-state index in [0.717, 1.165) is 25.8 Å². The zero-order valence-electron chi connectivity index (χ0n) is 17.0. The average molecular weight is 467 g/mol. The van der Waals surface area contributed by atoms with Gasteiger partial charge in [-0.1, -0.05) is 23.9 Å². The maximum Gasteiger partial charge on any atom is 0.323 e. The topological polar surface area (TPSA) is 83.1 Å². The first-order valence-corrected chi connectivity index (χ1v) is 11.5. The number of urea groups is 1. The summed E-state index contributed by atoms with van der Waals surface area (Å²) >= 11 is 2.77. The summed E-state index contributed by atoms with van der Waals surface area (Å²) in [5.74, 6) is -0.370. The van der Waals surface area contributed by atoms with E-state index in [4.69, 9.17) is 0 Å². The zero-order valence-corrected chi connectivity index (χ0v) is 18.6. The quantitative estimate of drug-likeness (QED) is 0.299. The van der Waals surface area contributed by atoms with E-state index in [1.165, 1.54) is 47.4 Å². The Morgan fingerprint density at radius 3 is 2.41 bits per heavy atom. The fourth-order valence-electron chi connectivity index (χ4n) is 2.92. The lowest BCUT2D eigenvalue weighted by Crippen LogP contribution is -2.19. The van der Waals surface area contributed by atoms with Gasteiger partial charge in [0.2, 0.25) is 5.91 Å². The SMILES string of the molecule is Cc1cccc(NC(=O)Nc2ccc3nc(SCC(=O)Nc4ccc(F)cc4)sc3c2)c1. The van der Waals surface area contributed by atoms with Crippen LogP contribution in [-0.2, 0) is 4.79 Å². The fourth-order valence-corrected chi connectivity index (χ4v) is 4.82. The van der Waals surface area contributed by atoms with Gasteiger partial charge in [-0.2, -0.15) is 0 Å². The number of carbonyl (C=O) groups is 2. The summed E-state index contributed by atoms with van der Waals surface area (Å²) in [5, 5.41) is 8.36. The van der Waals surface area contributed by atoms with E-state index in [0.29, 0.717) is 11.4 Å². The maximum atomic E-state index is 13.0. The molecular formula is C23H19FN4O2S2. The van der Waals surface area contributed by atoms with Crippen molar-refractivity contribution in [2.24, 2.45) is 0 Å². The molecule has 0 radical (unpaired) electrons. The molecule has 32 heavy (non-hydrogen) atoms. The number of carbonyl (C=O) groups excluding carboxylic acids is 2. The van der Waals surface area contributed by atoms with E-state index in [2.05, 4.69) is 20.9 Å². The summed E-state index contributed by atoms with van der Waals surface area (Å²) in [5.41, 5.74) is 3.77. The molecule has 0 aliphatic heterocycles. The Bertz CT molecular complexity index is 1270. The van der Waals surface area contributed by atoms with Crippen LogP contribution < -0.4 is 16.0 Å². The van der Waals surface area contributed by atoms with Gasteiger partial charge in [-0.3, -0.25) is 4.79 Å². The number of aromatic nitrogens is 1. The number of anilines is 3. The first-order valence-electron chi connectivity index (χ1n) is 9.68. The zero-order chi connectivity index (χ0) is 22.5. The number of thiazole rings is 1. The smallest absolute Gasteiger partial charge is 0.323 e. The maximum absolute atomic E-state index is 13.0. The summed E-state index contributed by atoms with van der Waals surface area (Å²) < 4.78 is 14.6. The van der Waals surface area contributed by atoms with Crippen LogP contribution in [0.2, 0.25) is 0 Å². The molecule has 0 aliphatic carbocycles. The van der Waals surface area contributed by atoms with Crippen LogP contribution in [-0.4, -0.2) is 22.7 Å². The summed E-state index contributed by atoms with van der Waals surface area (Å²) in [4.78, 5) is 28.9. The number of aryl methyl sites for hydroxylation is 1. The van der Waals surface area contributed by atoms with Gasteiger partial charge in [-0.15, -0.1) is 11.3 Å². The minimum Gasteiger partial charge on any atom is -0.325 e. The van der Waals surface area contributed by atoms with Gasteiger partial charge >= 0.3 is 6.03 Å². The number of nitrogens with zero attached hydrogens (tertiary/aromatic N) is 1. The van der Waals surface area contributed by atoms with Crippen LogP contribution in [0.5, 0.6) is 0 Å². The fraction of sp³-hybridized carbons (Fsp3) is 0.0870. The van der Waals surface area contributed by atoms with Crippen LogP contribution >= 0.6 is 23.1 Å². The van der Waals surface area contributed by atoms with Crippen LogP contribution in [0, 0.1) is 12.7 Å². The number of amides is 3. The van der Waals surface area contributed by atoms with E-state index >= 15 is 0 Å². The third kappa shape index (κ3) is 5.83. The van der Waals surface area contributed by atoms with E-state index in [9.17, 15) is 14.0 Å².